The van der Waals surface area contributed by atoms with Gasteiger partial charge in [0.15, 0.2) is 11.5 Å². The van der Waals surface area contributed by atoms with Crippen LogP contribution in [0.5, 0.6) is 0 Å². The van der Waals surface area contributed by atoms with Crippen molar-refractivity contribution in [2.75, 3.05) is 5.73 Å². The first-order valence-corrected chi connectivity index (χ1v) is 8.83. The molecule has 0 amide bonds. The summed E-state index contributed by atoms with van der Waals surface area (Å²) in [6.45, 7) is 2.76. The lowest BCUT2D eigenvalue weighted by atomic mass is 10.1. The van der Waals surface area contributed by atoms with Crippen LogP contribution in [-0.2, 0) is 24.2 Å². The van der Waals surface area contributed by atoms with E-state index in [1.165, 1.54) is 0 Å². The maximum absolute atomic E-state index is 10.7. The van der Waals surface area contributed by atoms with Crippen molar-refractivity contribution in [1.82, 2.24) is 19.5 Å². The van der Waals surface area contributed by atoms with Gasteiger partial charge in [0.25, 0.3) is 0 Å². The number of rotatable bonds is 8. The number of aromatic nitrogens is 4. The van der Waals surface area contributed by atoms with Crippen molar-refractivity contribution in [3.8, 4) is 0 Å². The highest BCUT2D eigenvalue weighted by Crippen LogP contribution is 2.18. The van der Waals surface area contributed by atoms with Crippen molar-refractivity contribution >= 4 is 23.0 Å². The first-order valence-electron chi connectivity index (χ1n) is 8.83. The van der Waals surface area contributed by atoms with E-state index in [9.17, 15) is 4.79 Å². The summed E-state index contributed by atoms with van der Waals surface area (Å²) in [5.41, 5.74) is 9.52. The minimum Gasteiger partial charge on any atom is -0.481 e. The number of fused-ring (bicyclic) bond motifs is 1. The fourth-order valence-corrected chi connectivity index (χ4v) is 2.83. The molecule has 0 aliphatic rings. The van der Waals surface area contributed by atoms with Gasteiger partial charge in [-0.1, -0.05) is 37.6 Å². The maximum Gasteiger partial charge on any atom is 0.303 e. The Hall–Kier alpha value is -2.96. The molecular formula is C19H23N5O2. The largest absolute Gasteiger partial charge is 0.481 e. The zero-order valence-corrected chi connectivity index (χ0v) is 14.9. The molecule has 7 nitrogen and oxygen atoms in total. The number of hydrogen-bond acceptors (Lipinski definition) is 5. The lowest BCUT2D eigenvalue weighted by molar-refractivity contribution is -0.136. The molecule has 0 aliphatic heterocycles. The molecule has 26 heavy (non-hydrogen) atoms. The van der Waals surface area contributed by atoms with E-state index in [0.717, 1.165) is 41.9 Å². The minimum atomic E-state index is -0.782. The van der Waals surface area contributed by atoms with E-state index < -0.39 is 5.97 Å². The molecule has 3 aromatic rings. The van der Waals surface area contributed by atoms with Gasteiger partial charge in [0.2, 0.25) is 0 Å². The molecule has 136 valence electrons. The van der Waals surface area contributed by atoms with Gasteiger partial charge in [-0.3, -0.25) is 4.79 Å². The van der Waals surface area contributed by atoms with Crippen LogP contribution in [-0.4, -0.2) is 30.6 Å². The Morgan fingerprint density at radius 1 is 1.15 bits per heavy atom. The summed E-state index contributed by atoms with van der Waals surface area (Å²) in [6.07, 6.45) is 5.32. The smallest absolute Gasteiger partial charge is 0.303 e. The molecule has 3 N–H and O–H groups in total. The van der Waals surface area contributed by atoms with E-state index >= 15 is 0 Å². The quantitative estimate of drug-likeness (QED) is 0.645. The van der Waals surface area contributed by atoms with Crippen LogP contribution in [0.1, 0.15) is 43.1 Å². The zero-order valence-electron chi connectivity index (χ0n) is 14.9. The van der Waals surface area contributed by atoms with Gasteiger partial charge in [0, 0.05) is 12.8 Å². The number of aliphatic carboxylic acids is 1. The summed E-state index contributed by atoms with van der Waals surface area (Å²) in [5, 5.41) is 8.77. The molecule has 0 unspecified atom stereocenters. The predicted octanol–water partition coefficient (Wildman–Crippen LogP) is 2.82. The van der Waals surface area contributed by atoms with Crippen LogP contribution in [0.3, 0.4) is 0 Å². The van der Waals surface area contributed by atoms with E-state index in [-0.39, 0.29) is 6.42 Å². The van der Waals surface area contributed by atoms with Crippen molar-refractivity contribution < 1.29 is 9.90 Å². The lowest BCUT2D eigenvalue weighted by Crippen LogP contribution is -2.05. The van der Waals surface area contributed by atoms with Gasteiger partial charge in [-0.15, -0.1) is 0 Å². The predicted molar refractivity (Wildman–Crippen MR) is 99.8 cm³/mol. The van der Waals surface area contributed by atoms with E-state index in [1.54, 1.807) is 6.33 Å². The van der Waals surface area contributed by atoms with Crippen LogP contribution >= 0.6 is 0 Å². The van der Waals surface area contributed by atoms with E-state index in [0.29, 0.717) is 24.3 Å². The van der Waals surface area contributed by atoms with Crippen molar-refractivity contribution in [3.63, 3.8) is 0 Å². The Kier molecular flexibility index (Phi) is 5.46. The summed E-state index contributed by atoms with van der Waals surface area (Å²) in [6, 6.07) is 7.94. The van der Waals surface area contributed by atoms with Crippen molar-refractivity contribution in [3.05, 3.63) is 47.5 Å². The number of hydrogen-bond donors (Lipinski definition) is 2. The molecule has 2 aromatic heterocycles. The second kappa shape index (κ2) is 7.95. The van der Waals surface area contributed by atoms with E-state index in [4.69, 9.17) is 10.8 Å². The first-order chi connectivity index (χ1) is 12.6. The molecule has 0 saturated carbocycles. The number of nitrogens with two attached hydrogens (primary N) is 1. The molecule has 0 bridgehead atoms. The Labute approximate surface area is 151 Å². The van der Waals surface area contributed by atoms with Gasteiger partial charge in [-0.25, -0.2) is 15.0 Å². The molecule has 2 heterocycles. The number of anilines is 1. The fourth-order valence-electron chi connectivity index (χ4n) is 2.83. The number of nitrogens with zero attached hydrogens (tertiary/aromatic N) is 4. The molecule has 0 radical (unpaired) electrons. The van der Waals surface area contributed by atoms with Crippen LogP contribution in [0.2, 0.25) is 0 Å². The topological polar surface area (TPSA) is 107 Å². The van der Waals surface area contributed by atoms with Crippen LogP contribution < -0.4 is 5.73 Å². The molecule has 0 fully saturated rings. The van der Waals surface area contributed by atoms with Crippen LogP contribution in [0.25, 0.3) is 11.2 Å². The van der Waals surface area contributed by atoms with Crippen LogP contribution in [0.15, 0.2) is 30.6 Å². The number of aryl methyl sites for hydroxylation is 2. The van der Waals surface area contributed by atoms with Crippen LogP contribution in [0.4, 0.5) is 5.82 Å². The number of carboxylic acids is 1. The lowest BCUT2D eigenvalue weighted by Gasteiger charge is -2.07. The molecule has 1 aromatic carbocycles. The Bertz CT molecular complexity index is 902. The van der Waals surface area contributed by atoms with E-state index in [1.807, 2.05) is 28.8 Å². The van der Waals surface area contributed by atoms with E-state index in [2.05, 4.69) is 21.9 Å². The summed E-state index contributed by atoms with van der Waals surface area (Å²) < 4.78 is 1.97. The highest BCUT2D eigenvalue weighted by atomic mass is 16.4. The summed E-state index contributed by atoms with van der Waals surface area (Å²) in [5.74, 6) is 0.390. The summed E-state index contributed by atoms with van der Waals surface area (Å²) in [4.78, 5) is 24.0. The normalized spacial score (nSPS) is 11.1. The average Bonchev–Trinajstić information content (AvgIpc) is 3.03. The monoisotopic (exact) mass is 353 g/mol. The van der Waals surface area contributed by atoms with Crippen LogP contribution in [0, 0.1) is 0 Å². The van der Waals surface area contributed by atoms with Gasteiger partial charge in [0.1, 0.15) is 11.3 Å². The van der Waals surface area contributed by atoms with Crippen molar-refractivity contribution in [2.24, 2.45) is 0 Å². The van der Waals surface area contributed by atoms with Gasteiger partial charge >= 0.3 is 5.97 Å². The molecule has 0 atom stereocenters. The third kappa shape index (κ3) is 4.17. The highest BCUT2D eigenvalue weighted by molar-refractivity contribution is 5.81. The number of unbranched alkanes of at least 4 members (excludes halogenated alkanes) is 1. The number of imidazole rings is 1. The molecule has 0 saturated heterocycles. The molecule has 7 heteroatoms. The molecule has 3 rings (SSSR count). The molecule has 0 spiro atoms. The third-order valence-electron chi connectivity index (χ3n) is 4.29. The minimum absolute atomic E-state index is 0.141. The summed E-state index contributed by atoms with van der Waals surface area (Å²) >= 11 is 0. The zero-order chi connectivity index (χ0) is 18.5. The van der Waals surface area contributed by atoms with Gasteiger partial charge in [0.05, 0.1) is 12.9 Å². The number of carboxylic acid groups (broad SMARTS) is 1. The maximum atomic E-state index is 10.7. The van der Waals surface area contributed by atoms with Gasteiger partial charge in [-0.2, -0.15) is 0 Å². The Balaban J connectivity index is 1.79. The SMILES string of the molecule is CCCCc1nc(N)c2ncn(Cc3ccc(CCC(=O)O)cc3)c2n1. The van der Waals surface area contributed by atoms with Crippen molar-refractivity contribution in [1.29, 1.82) is 0 Å². The molecular weight excluding hydrogens is 330 g/mol. The second-order valence-corrected chi connectivity index (χ2v) is 6.38. The number of carbonyl (C=O) groups is 1. The number of benzene rings is 1. The second-order valence-electron chi connectivity index (χ2n) is 6.38. The van der Waals surface area contributed by atoms with Gasteiger partial charge < -0.3 is 15.4 Å². The van der Waals surface area contributed by atoms with Gasteiger partial charge in [-0.05, 0) is 24.0 Å². The number of nitrogen functional groups attached to an aromatic ring is 1. The summed E-state index contributed by atoms with van der Waals surface area (Å²) in [7, 11) is 0. The Morgan fingerprint density at radius 2 is 1.88 bits per heavy atom. The molecule has 0 aliphatic carbocycles. The third-order valence-corrected chi connectivity index (χ3v) is 4.29. The first kappa shape index (κ1) is 17.8. The fraction of sp³-hybridized carbons (Fsp3) is 0.368. The average molecular weight is 353 g/mol. The van der Waals surface area contributed by atoms with Crippen molar-refractivity contribution in [2.45, 2.75) is 45.6 Å². The highest BCUT2D eigenvalue weighted by Gasteiger charge is 2.11. The Morgan fingerprint density at radius 3 is 2.58 bits per heavy atom. The standard InChI is InChI=1S/C19H23N5O2/c1-2-3-4-15-22-18(20)17-19(23-15)24(12-21-17)11-14-7-5-13(6-8-14)9-10-16(25)26/h5-8,12H,2-4,9-11H2,1H3,(H,25,26)(H2,20,22,23).